The van der Waals surface area contributed by atoms with Gasteiger partial charge in [-0.25, -0.2) is 0 Å². The molecule has 0 radical (unpaired) electrons. The van der Waals surface area contributed by atoms with E-state index in [-0.39, 0.29) is 5.33 Å². The number of hydrogen-bond acceptors (Lipinski definition) is 0. The first kappa shape index (κ1) is 11.5. The van der Waals surface area contributed by atoms with Crippen LogP contribution in [0.4, 0.5) is 0 Å². The molecule has 0 saturated heterocycles. The lowest BCUT2D eigenvalue weighted by molar-refractivity contribution is 1.71. The topological polar surface area (TPSA) is 0 Å². The average molecular weight is 187 g/mol. The smallest absolute Gasteiger partial charge is 0.000694 e. The van der Waals surface area contributed by atoms with Gasteiger partial charge in [-0.05, 0) is 0 Å². The van der Waals surface area contributed by atoms with Gasteiger partial charge in [-0.2, -0.15) is 13.6 Å². The summed E-state index contributed by atoms with van der Waals surface area (Å²) < 4.78 is 0. The molecule has 11 heavy (non-hydrogen) atoms. The van der Waals surface area contributed by atoms with Crippen LogP contribution in [0.2, 0.25) is 52.9 Å². The highest BCUT2D eigenvalue weighted by Gasteiger charge is 2.38. The summed E-state index contributed by atoms with van der Waals surface area (Å²) in [6.07, 6.45) is 0. The second-order valence-electron chi connectivity index (χ2n) is 6.61. The van der Waals surface area contributed by atoms with E-state index in [2.05, 4.69) is 52.9 Å². The van der Waals surface area contributed by atoms with Crippen LogP contribution in [-0.2, 0) is 0 Å². The van der Waals surface area contributed by atoms with Gasteiger partial charge in [0.25, 0.3) is 0 Å². The summed E-state index contributed by atoms with van der Waals surface area (Å²) in [5.74, 6) is 0. The molecular weight excluding hydrogens is 163 g/mol. The van der Waals surface area contributed by atoms with E-state index < -0.39 is 15.9 Å². The largest absolute Gasteiger partial charge is 0.193 e. The van der Waals surface area contributed by atoms with Gasteiger partial charge in [-0.3, -0.25) is 0 Å². The standard InChI is InChI=1S/C8H24BSi2/c1-9(2,10(3,4)5)11(6,7)8/h1-8H3/q-1. The van der Waals surface area contributed by atoms with Crippen LogP contribution < -0.4 is 0 Å². The maximum atomic E-state index is 2.54. The fraction of sp³-hybridized carbons (Fsp3) is 1.00. The summed E-state index contributed by atoms with van der Waals surface area (Å²) in [7, 11) is -1.79. The average Bonchev–Trinajstić information content (AvgIpc) is 1.58. The van der Waals surface area contributed by atoms with Gasteiger partial charge in [0, 0.05) is 5.33 Å². The van der Waals surface area contributed by atoms with Crippen molar-refractivity contribution in [2.45, 2.75) is 52.9 Å². The molecule has 0 atom stereocenters. The molecule has 0 rings (SSSR count). The predicted octanol–water partition coefficient (Wildman–Crippen LogP) is 3.53. The van der Waals surface area contributed by atoms with E-state index in [9.17, 15) is 0 Å². The van der Waals surface area contributed by atoms with Crippen molar-refractivity contribution in [3.8, 4) is 0 Å². The van der Waals surface area contributed by atoms with Crippen LogP contribution in [-0.4, -0.2) is 21.2 Å². The van der Waals surface area contributed by atoms with Gasteiger partial charge in [0.2, 0.25) is 0 Å². The molecule has 0 nitrogen and oxygen atoms in total. The molecule has 3 heteroatoms. The molecule has 0 aliphatic heterocycles. The van der Waals surface area contributed by atoms with Crippen LogP contribution in [0, 0.1) is 0 Å². The van der Waals surface area contributed by atoms with Crippen molar-refractivity contribution in [1.82, 2.24) is 0 Å². The Morgan fingerprint density at radius 1 is 0.636 bits per heavy atom. The van der Waals surface area contributed by atoms with Crippen molar-refractivity contribution < 1.29 is 0 Å². The summed E-state index contributed by atoms with van der Waals surface area (Å²) in [4.78, 5) is 0. The lowest BCUT2D eigenvalue weighted by Gasteiger charge is -2.53. The third kappa shape index (κ3) is 2.22. The van der Waals surface area contributed by atoms with E-state index in [4.69, 9.17) is 0 Å². The minimum Gasteiger partial charge on any atom is -0.193 e. The normalized spacial score (nSPS) is 15.3. The van der Waals surface area contributed by atoms with Crippen molar-refractivity contribution in [1.29, 1.82) is 0 Å². The molecule has 0 aliphatic rings. The third-order valence-electron chi connectivity index (χ3n) is 4.33. The molecular formula is C8H24BSi2-. The van der Waals surface area contributed by atoms with Crippen LogP contribution in [0.15, 0.2) is 0 Å². The molecule has 0 saturated carbocycles. The zero-order chi connectivity index (χ0) is 9.50. The van der Waals surface area contributed by atoms with Gasteiger partial charge >= 0.3 is 0 Å². The Morgan fingerprint density at radius 3 is 0.818 bits per heavy atom. The Hall–Kier alpha value is 0.499. The lowest BCUT2D eigenvalue weighted by Crippen LogP contribution is -2.67. The Kier molecular flexibility index (Phi) is 2.89. The van der Waals surface area contributed by atoms with Crippen molar-refractivity contribution in [3.05, 3.63) is 0 Å². The predicted molar refractivity (Wildman–Crippen MR) is 64.2 cm³/mol. The second-order valence-corrected chi connectivity index (χ2v) is 19.5. The molecule has 0 amide bonds. The van der Waals surface area contributed by atoms with Gasteiger partial charge in [-0.15, -0.1) is 15.9 Å². The maximum Gasteiger partial charge on any atom is 0.000694 e. The quantitative estimate of drug-likeness (QED) is 0.580. The molecule has 0 aromatic rings. The van der Waals surface area contributed by atoms with Crippen LogP contribution in [0.3, 0.4) is 0 Å². The maximum absolute atomic E-state index is 2.54. The molecule has 0 unspecified atom stereocenters. The fourth-order valence-electron chi connectivity index (χ4n) is 1.30. The minimum absolute atomic E-state index is 0.0139. The van der Waals surface area contributed by atoms with Crippen LogP contribution in [0.25, 0.3) is 0 Å². The molecule has 0 bridgehead atoms. The van der Waals surface area contributed by atoms with Crippen molar-refractivity contribution >= 4 is 21.2 Å². The summed E-state index contributed by atoms with van der Waals surface area (Å²) in [5, 5.41) is -0.0139. The van der Waals surface area contributed by atoms with Crippen LogP contribution in [0.5, 0.6) is 0 Å². The first-order valence-corrected chi connectivity index (χ1v) is 11.9. The van der Waals surface area contributed by atoms with Gasteiger partial charge in [0.15, 0.2) is 0 Å². The van der Waals surface area contributed by atoms with Crippen molar-refractivity contribution in [2.75, 3.05) is 0 Å². The van der Waals surface area contributed by atoms with E-state index in [0.29, 0.717) is 0 Å². The molecule has 0 heterocycles. The van der Waals surface area contributed by atoms with Gasteiger partial charge in [0.1, 0.15) is 0 Å². The zero-order valence-electron chi connectivity index (χ0n) is 9.58. The van der Waals surface area contributed by atoms with Gasteiger partial charge in [0.05, 0.1) is 0 Å². The first-order valence-electron chi connectivity index (χ1n) is 4.73. The summed E-state index contributed by atoms with van der Waals surface area (Å²) in [5.41, 5.74) is 0. The molecule has 0 spiro atoms. The summed E-state index contributed by atoms with van der Waals surface area (Å²) in [6.45, 7) is 20.2. The highest BCUT2D eigenvalue weighted by Crippen LogP contribution is 2.28. The van der Waals surface area contributed by atoms with Crippen molar-refractivity contribution in [2.24, 2.45) is 0 Å². The monoisotopic (exact) mass is 187 g/mol. The molecule has 0 fully saturated rings. The van der Waals surface area contributed by atoms with Crippen LogP contribution >= 0.6 is 0 Å². The SMILES string of the molecule is C[B-](C)([Si](C)(C)C)[Si](C)(C)C. The van der Waals surface area contributed by atoms with E-state index in [1.165, 1.54) is 0 Å². The van der Waals surface area contributed by atoms with Crippen molar-refractivity contribution in [3.63, 3.8) is 0 Å². The van der Waals surface area contributed by atoms with Gasteiger partial charge < -0.3 is 0 Å². The summed E-state index contributed by atoms with van der Waals surface area (Å²) in [6, 6.07) is 0. The van der Waals surface area contributed by atoms with E-state index >= 15 is 0 Å². The Morgan fingerprint density at radius 2 is 0.818 bits per heavy atom. The second kappa shape index (κ2) is 2.77. The summed E-state index contributed by atoms with van der Waals surface area (Å²) >= 11 is 0. The zero-order valence-corrected chi connectivity index (χ0v) is 11.6. The molecule has 0 aliphatic carbocycles. The lowest BCUT2D eigenvalue weighted by atomic mass is 9.79. The molecule has 68 valence electrons. The Bertz CT molecular complexity index is 123. The highest BCUT2D eigenvalue weighted by atomic mass is 28.4. The minimum atomic E-state index is -0.896. The van der Waals surface area contributed by atoms with E-state index in [0.717, 1.165) is 0 Å². The van der Waals surface area contributed by atoms with Crippen LogP contribution in [0.1, 0.15) is 0 Å². The number of rotatable bonds is 2. The van der Waals surface area contributed by atoms with Gasteiger partial charge in [-0.1, -0.05) is 39.3 Å². The Balaban J connectivity index is 4.75. The molecule has 0 N–H and O–H groups in total. The number of hydrogen-bond donors (Lipinski definition) is 0. The Labute approximate surface area is 74.6 Å². The molecule has 0 aromatic carbocycles. The fourth-order valence-corrected chi connectivity index (χ4v) is 11.7. The van der Waals surface area contributed by atoms with E-state index in [1.807, 2.05) is 0 Å². The highest BCUT2D eigenvalue weighted by molar-refractivity contribution is 7.68. The first-order chi connectivity index (χ1) is 4.50. The van der Waals surface area contributed by atoms with E-state index in [1.54, 1.807) is 0 Å². The molecule has 0 aromatic heterocycles. The third-order valence-corrected chi connectivity index (χ3v) is 18.2.